The van der Waals surface area contributed by atoms with Crippen LogP contribution in [-0.2, 0) is 13.2 Å². The first-order valence-electron chi connectivity index (χ1n) is 9.81. The minimum Gasteiger partial charge on any atom is -0.487 e. The zero-order chi connectivity index (χ0) is 20.7. The monoisotopic (exact) mass is 456 g/mol. The molecule has 0 spiro atoms. The van der Waals surface area contributed by atoms with Gasteiger partial charge in [-0.05, 0) is 48.7 Å². The normalized spacial score (nSPS) is 12.1. The van der Waals surface area contributed by atoms with Crippen LogP contribution >= 0.6 is 24.0 Å². The number of nitrogens with zero attached hydrogens (tertiary/aromatic N) is 2. The first-order chi connectivity index (χ1) is 14.6. The summed E-state index contributed by atoms with van der Waals surface area (Å²) in [6.45, 7) is 5.54. The van der Waals surface area contributed by atoms with Crippen molar-refractivity contribution in [3.63, 3.8) is 0 Å². The lowest BCUT2D eigenvalue weighted by molar-refractivity contribution is 0.174. The van der Waals surface area contributed by atoms with Crippen molar-refractivity contribution in [3.8, 4) is 17.2 Å². The quantitative estimate of drug-likeness (QED) is 0.364. The average molecular weight is 457 g/mol. The lowest BCUT2D eigenvalue weighted by Crippen LogP contribution is -2.04. The smallest absolute Gasteiger partial charge is 0.231 e. The number of rotatable bonds is 5. The second kappa shape index (κ2) is 8.69. The van der Waals surface area contributed by atoms with Crippen LogP contribution in [0.1, 0.15) is 22.4 Å². The van der Waals surface area contributed by atoms with Crippen molar-refractivity contribution >= 4 is 35.0 Å². The predicted molar refractivity (Wildman–Crippen MR) is 124 cm³/mol. The van der Waals surface area contributed by atoms with Crippen molar-refractivity contribution in [1.29, 1.82) is 0 Å². The summed E-state index contributed by atoms with van der Waals surface area (Å²) in [6.07, 6.45) is 1.80. The molecule has 2 aromatic carbocycles. The van der Waals surface area contributed by atoms with Crippen molar-refractivity contribution < 1.29 is 14.2 Å². The number of hydrogen-bond acceptors (Lipinski definition) is 4. The second-order valence-corrected chi connectivity index (χ2v) is 7.78. The molecule has 0 bridgehead atoms. The SMILES string of the molecule is Cc1c(C)n(Cc2ccccc2Cl)c2c(OCc3ccc4c(c3)OCO4)ccnc12.Cl. The molecule has 31 heavy (non-hydrogen) atoms. The Morgan fingerprint density at radius 2 is 1.87 bits per heavy atom. The molecular formula is C24H22Cl2N2O3. The Morgan fingerprint density at radius 3 is 2.71 bits per heavy atom. The third-order valence-corrected chi connectivity index (χ3v) is 5.95. The molecule has 0 saturated heterocycles. The van der Waals surface area contributed by atoms with Gasteiger partial charge in [-0.25, -0.2) is 0 Å². The maximum atomic E-state index is 6.43. The van der Waals surface area contributed by atoms with E-state index in [4.69, 9.17) is 25.8 Å². The fourth-order valence-electron chi connectivity index (χ4n) is 3.82. The zero-order valence-electron chi connectivity index (χ0n) is 17.2. The van der Waals surface area contributed by atoms with Crippen LogP contribution in [0, 0.1) is 13.8 Å². The maximum Gasteiger partial charge on any atom is 0.231 e. The summed E-state index contributed by atoms with van der Waals surface area (Å²) in [5.74, 6) is 2.32. The number of benzene rings is 2. The molecule has 7 heteroatoms. The molecule has 4 aromatic rings. The molecule has 0 fully saturated rings. The molecule has 1 aliphatic rings. The average Bonchev–Trinajstić information content (AvgIpc) is 3.32. The number of aryl methyl sites for hydroxylation is 1. The molecular weight excluding hydrogens is 435 g/mol. The number of aromatic nitrogens is 2. The van der Waals surface area contributed by atoms with Crippen LogP contribution in [0.2, 0.25) is 5.02 Å². The van der Waals surface area contributed by atoms with Crippen molar-refractivity contribution in [3.05, 3.63) is 82.1 Å². The largest absolute Gasteiger partial charge is 0.487 e. The lowest BCUT2D eigenvalue weighted by atomic mass is 10.2. The van der Waals surface area contributed by atoms with Crippen LogP contribution in [0.25, 0.3) is 11.0 Å². The number of pyridine rings is 1. The number of ether oxygens (including phenoxy) is 3. The van der Waals surface area contributed by atoms with Crippen molar-refractivity contribution in [1.82, 2.24) is 9.55 Å². The van der Waals surface area contributed by atoms with E-state index in [0.29, 0.717) is 13.2 Å². The summed E-state index contributed by atoms with van der Waals surface area (Å²) in [5.41, 5.74) is 6.30. The van der Waals surface area contributed by atoms with Gasteiger partial charge in [0.15, 0.2) is 11.5 Å². The van der Waals surface area contributed by atoms with Crippen LogP contribution < -0.4 is 14.2 Å². The standard InChI is InChI=1S/C24H21ClN2O3.ClH/c1-15-16(2)27(12-18-5-3-4-6-19(18)25)24-21(9-10-26-23(15)24)28-13-17-7-8-20-22(11-17)30-14-29-20;/h3-11H,12-14H2,1-2H3;1H. The topological polar surface area (TPSA) is 45.5 Å². The Morgan fingerprint density at radius 1 is 1.06 bits per heavy atom. The van der Waals surface area contributed by atoms with Gasteiger partial charge >= 0.3 is 0 Å². The predicted octanol–water partition coefficient (Wildman–Crippen LogP) is 6.08. The van der Waals surface area contributed by atoms with Gasteiger partial charge in [0.05, 0.1) is 5.52 Å². The fraction of sp³-hybridized carbons (Fsp3) is 0.208. The number of fused-ring (bicyclic) bond motifs is 2. The molecule has 0 radical (unpaired) electrons. The van der Waals surface area contributed by atoms with Crippen LogP contribution in [0.15, 0.2) is 54.7 Å². The number of hydrogen-bond donors (Lipinski definition) is 0. The van der Waals surface area contributed by atoms with Crippen LogP contribution in [0.4, 0.5) is 0 Å². The fourth-order valence-corrected chi connectivity index (χ4v) is 4.01. The van der Waals surface area contributed by atoms with E-state index in [1.807, 2.05) is 48.5 Å². The van der Waals surface area contributed by atoms with Gasteiger partial charge in [0.1, 0.15) is 17.9 Å². The van der Waals surface area contributed by atoms with E-state index in [1.165, 1.54) is 0 Å². The summed E-state index contributed by atoms with van der Waals surface area (Å²) in [7, 11) is 0. The van der Waals surface area contributed by atoms with Crippen LogP contribution in [-0.4, -0.2) is 16.3 Å². The van der Waals surface area contributed by atoms with Crippen LogP contribution in [0.3, 0.4) is 0 Å². The summed E-state index contributed by atoms with van der Waals surface area (Å²) in [4.78, 5) is 4.62. The molecule has 0 atom stereocenters. The summed E-state index contributed by atoms with van der Waals surface area (Å²) in [5, 5.41) is 0.753. The van der Waals surface area contributed by atoms with E-state index in [9.17, 15) is 0 Å². The van der Waals surface area contributed by atoms with Crippen molar-refractivity contribution in [2.45, 2.75) is 27.0 Å². The van der Waals surface area contributed by atoms with E-state index in [2.05, 4.69) is 23.4 Å². The number of halogens is 2. The van der Waals surface area contributed by atoms with Gasteiger partial charge in [0.2, 0.25) is 6.79 Å². The molecule has 1 aliphatic heterocycles. The Balaban J connectivity index is 0.00000231. The van der Waals surface area contributed by atoms with E-state index in [-0.39, 0.29) is 19.2 Å². The van der Waals surface area contributed by atoms with Gasteiger partial charge in [0, 0.05) is 29.5 Å². The molecule has 0 N–H and O–H groups in total. The van der Waals surface area contributed by atoms with Crippen molar-refractivity contribution in [2.24, 2.45) is 0 Å². The van der Waals surface area contributed by atoms with Gasteiger partial charge < -0.3 is 18.8 Å². The second-order valence-electron chi connectivity index (χ2n) is 7.37. The van der Waals surface area contributed by atoms with Gasteiger partial charge in [-0.15, -0.1) is 12.4 Å². The Labute approximate surface area is 191 Å². The highest BCUT2D eigenvalue weighted by Gasteiger charge is 2.18. The summed E-state index contributed by atoms with van der Waals surface area (Å²) >= 11 is 6.43. The van der Waals surface area contributed by atoms with E-state index >= 15 is 0 Å². The maximum absolute atomic E-state index is 6.43. The molecule has 5 nitrogen and oxygen atoms in total. The third kappa shape index (κ3) is 3.91. The van der Waals surface area contributed by atoms with Gasteiger partial charge in [-0.3, -0.25) is 4.98 Å². The Kier molecular flexibility index (Phi) is 5.99. The summed E-state index contributed by atoms with van der Waals surface area (Å²) in [6, 6.07) is 15.7. The minimum atomic E-state index is 0. The van der Waals surface area contributed by atoms with Gasteiger partial charge in [-0.2, -0.15) is 0 Å². The molecule has 0 aliphatic carbocycles. The lowest BCUT2D eigenvalue weighted by Gasteiger charge is -2.13. The molecule has 160 valence electrons. The zero-order valence-corrected chi connectivity index (χ0v) is 18.8. The summed E-state index contributed by atoms with van der Waals surface area (Å²) < 4.78 is 19.3. The van der Waals surface area contributed by atoms with E-state index in [0.717, 1.165) is 55.7 Å². The highest BCUT2D eigenvalue weighted by Crippen LogP contribution is 2.35. The van der Waals surface area contributed by atoms with Gasteiger partial charge in [0.25, 0.3) is 0 Å². The Hall–Kier alpha value is -2.89. The molecule has 0 unspecified atom stereocenters. The molecule has 2 aromatic heterocycles. The first-order valence-corrected chi connectivity index (χ1v) is 10.2. The van der Waals surface area contributed by atoms with E-state index in [1.54, 1.807) is 6.20 Å². The van der Waals surface area contributed by atoms with E-state index < -0.39 is 0 Å². The highest BCUT2D eigenvalue weighted by atomic mass is 35.5. The van der Waals surface area contributed by atoms with Crippen LogP contribution in [0.5, 0.6) is 17.2 Å². The molecule has 3 heterocycles. The molecule has 5 rings (SSSR count). The highest BCUT2D eigenvalue weighted by molar-refractivity contribution is 6.31. The Bertz CT molecular complexity index is 1250. The minimum absolute atomic E-state index is 0. The molecule has 0 amide bonds. The third-order valence-electron chi connectivity index (χ3n) is 5.58. The first kappa shape index (κ1) is 21.3. The molecule has 0 saturated carbocycles. The van der Waals surface area contributed by atoms with Gasteiger partial charge in [-0.1, -0.05) is 35.9 Å². The van der Waals surface area contributed by atoms with Crippen molar-refractivity contribution in [2.75, 3.05) is 6.79 Å².